The number of benzene rings is 2. The molecule has 4 rings (SSSR count). The maximum absolute atomic E-state index is 12.8. The minimum absolute atomic E-state index is 0.0485. The zero-order chi connectivity index (χ0) is 20.9. The third kappa shape index (κ3) is 4.57. The van der Waals surface area contributed by atoms with Crippen molar-refractivity contribution >= 4 is 28.6 Å². The van der Waals surface area contributed by atoms with Crippen LogP contribution in [0.1, 0.15) is 12.5 Å². The lowest BCUT2D eigenvalue weighted by molar-refractivity contribution is -0.130. The van der Waals surface area contributed by atoms with E-state index in [4.69, 9.17) is 0 Å². The minimum Gasteiger partial charge on any atom is -0.339 e. The van der Waals surface area contributed by atoms with E-state index in [2.05, 4.69) is 34.1 Å². The summed E-state index contributed by atoms with van der Waals surface area (Å²) in [6.07, 6.45) is 0. The lowest BCUT2D eigenvalue weighted by atomic mass is 10.2. The van der Waals surface area contributed by atoms with E-state index in [0.29, 0.717) is 28.4 Å². The van der Waals surface area contributed by atoms with E-state index in [1.165, 1.54) is 17.3 Å². The summed E-state index contributed by atoms with van der Waals surface area (Å²) in [5.41, 5.74) is 1.93. The Morgan fingerprint density at radius 1 is 1.00 bits per heavy atom. The second-order valence-corrected chi connectivity index (χ2v) is 8.33. The van der Waals surface area contributed by atoms with Crippen LogP contribution in [0.15, 0.2) is 64.5 Å². The highest BCUT2D eigenvalue weighted by molar-refractivity contribution is 7.99. The van der Waals surface area contributed by atoms with Gasteiger partial charge in [-0.3, -0.25) is 19.1 Å². The standard InChI is InChI=1S/C23H26N4O2S/c1-2-27-22(29)19-10-6-7-11-20(19)24-23(27)30-17-21(28)26-14-12-25(13-15-26)16-18-8-4-3-5-9-18/h3-11H,2,12-17H2,1H3. The average Bonchev–Trinajstić information content (AvgIpc) is 2.79. The molecule has 6 nitrogen and oxygen atoms in total. The molecule has 2 aromatic carbocycles. The highest BCUT2D eigenvalue weighted by Gasteiger charge is 2.22. The van der Waals surface area contributed by atoms with Gasteiger partial charge in [0.05, 0.1) is 16.7 Å². The number of nitrogens with zero attached hydrogens (tertiary/aromatic N) is 4. The Hall–Kier alpha value is -2.64. The summed E-state index contributed by atoms with van der Waals surface area (Å²) in [4.78, 5) is 34.4. The molecule has 1 aliphatic rings. The van der Waals surface area contributed by atoms with Crippen LogP contribution in [0.4, 0.5) is 0 Å². The van der Waals surface area contributed by atoms with Crippen LogP contribution < -0.4 is 5.56 Å². The van der Waals surface area contributed by atoms with Crippen LogP contribution in [0.5, 0.6) is 0 Å². The summed E-state index contributed by atoms with van der Waals surface area (Å²) in [7, 11) is 0. The number of carbonyl (C=O) groups excluding carboxylic acids is 1. The molecule has 1 aromatic heterocycles. The molecule has 1 saturated heterocycles. The highest BCUT2D eigenvalue weighted by Crippen LogP contribution is 2.19. The fourth-order valence-electron chi connectivity index (χ4n) is 3.75. The fourth-order valence-corrected chi connectivity index (χ4v) is 4.72. The first kappa shape index (κ1) is 20.6. The largest absolute Gasteiger partial charge is 0.339 e. The molecule has 1 aliphatic heterocycles. The number of aromatic nitrogens is 2. The zero-order valence-corrected chi connectivity index (χ0v) is 18.0. The average molecular weight is 423 g/mol. The van der Waals surface area contributed by atoms with Crippen molar-refractivity contribution in [2.75, 3.05) is 31.9 Å². The second-order valence-electron chi connectivity index (χ2n) is 7.39. The maximum Gasteiger partial charge on any atom is 0.262 e. The molecule has 3 aromatic rings. The molecular weight excluding hydrogens is 396 g/mol. The van der Waals surface area contributed by atoms with E-state index in [0.717, 1.165) is 32.7 Å². The Labute approximate surface area is 180 Å². The van der Waals surface area contributed by atoms with Gasteiger partial charge in [-0.15, -0.1) is 0 Å². The summed E-state index contributed by atoms with van der Waals surface area (Å²) < 4.78 is 1.65. The van der Waals surface area contributed by atoms with Crippen LogP contribution in [-0.4, -0.2) is 57.2 Å². The van der Waals surface area contributed by atoms with Gasteiger partial charge in [-0.25, -0.2) is 4.98 Å². The Balaban J connectivity index is 1.36. The van der Waals surface area contributed by atoms with E-state index in [9.17, 15) is 9.59 Å². The van der Waals surface area contributed by atoms with Crippen molar-refractivity contribution in [3.63, 3.8) is 0 Å². The number of amides is 1. The van der Waals surface area contributed by atoms with E-state index in [-0.39, 0.29) is 11.5 Å². The molecule has 156 valence electrons. The predicted molar refractivity (Wildman–Crippen MR) is 121 cm³/mol. The molecular formula is C23H26N4O2S. The number of para-hydroxylation sites is 1. The van der Waals surface area contributed by atoms with Gasteiger partial charge in [-0.2, -0.15) is 0 Å². The van der Waals surface area contributed by atoms with E-state index >= 15 is 0 Å². The number of rotatable bonds is 6. The van der Waals surface area contributed by atoms with Gasteiger partial charge in [-0.05, 0) is 24.6 Å². The van der Waals surface area contributed by atoms with Crippen LogP contribution in [0, 0.1) is 0 Å². The van der Waals surface area contributed by atoms with Gasteiger partial charge in [0.25, 0.3) is 5.56 Å². The third-order valence-corrected chi connectivity index (χ3v) is 6.40. The quantitative estimate of drug-likeness (QED) is 0.452. The molecule has 0 atom stereocenters. The number of hydrogen-bond donors (Lipinski definition) is 0. The summed E-state index contributed by atoms with van der Waals surface area (Å²) in [6.45, 7) is 6.59. The number of piperazine rings is 1. The lowest BCUT2D eigenvalue weighted by Crippen LogP contribution is -2.48. The normalized spacial score (nSPS) is 14.9. The monoisotopic (exact) mass is 422 g/mol. The van der Waals surface area contributed by atoms with Crippen molar-refractivity contribution in [3.8, 4) is 0 Å². The SMILES string of the molecule is CCn1c(SCC(=O)N2CCN(Cc3ccccc3)CC2)nc2ccccc2c1=O. The van der Waals surface area contributed by atoms with E-state index in [1.807, 2.05) is 36.1 Å². The van der Waals surface area contributed by atoms with Crippen molar-refractivity contribution in [2.24, 2.45) is 0 Å². The molecule has 0 bridgehead atoms. The first-order valence-electron chi connectivity index (χ1n) is 10.3. The molecule has 1 amide bonds. The molecule has 1 fully saturated rings. The molecule has 0 aliphatic carbocycles. The highest BCUT2D eigenvalue weighted by atomic mass is 32.2. The van der Waals surface area contributed by atoms with Gasteiger partial charge in [-0.1, -0.05) is 54.2 Å². The van der Waals surface area contributed by atoms with Crippen LogP contribution in [0.2, 0.25) is 0 Å². The van der Waals surface area contributed by atoms with Crippen molar-refractivity contribution in [1.82, 2.24) is 19.4 Å². The summed E-state index contributed by atoms with van der Waals surface area (Å²) in [6, 6.07) is 17.8. The third-order valence-electron chi connectivity index (χ3n) is 5.44. The molecule has 0 unspecified atom stereocenters. The molecule has 30 heavy (non-hydrogen) atoms. The zero-order valence-electron chi connectivity index (χ0n) is 17.2. The van der Waals surface area contributed by atoms with Gasteiger partial charge in [0.15, 0.2) is 5.16 Å². The maximum atomic E-state index is 12.8. The Morgan fingerprint density at radius 2 is 1.70 bits per heavy atom. The van der Waals surface area contributed by atoms with Crippen molar-refractivity contribution in [1.29, 1.82) is 0 Å². The molecule has 0 N–H and O–H groups in total. The van der Waals surface area contributed by atoms with Gasteiger partial charge >= 0.3 is 0 Å². The predicted octanol–water partition coefficient (Wildman–Crippen LogP) is 2.85. The summed E-state index contributed by atoms with van der Waals surface area (Å²) in [5.74, 6) is 0.396. The van der Waals surface area contributed by atoms with Gasteiger partial charge in [0, 0.05) is 39.3 Å². The number of carbonyl (C=O) groups is 1. The van der Waals surface area contributed by atoms with Crippen molar-refractivity contribution in [2.45, 2.75) is 25.2 Å². The van der Waals surface area contributed by atoms with E-state index < -0.39 is 0 Å². The smallest absolute Gasteiger partial charge is 0.262 e. The Kier molecular flexibility index (Phi) is 6.50. The van der Waals surface area contributed by atoms with Crippen LogP contribution in [0.25, 0.3) is 10.9 Å². The van der Waals surface area contributed by atoms with Crippen molar-refractivity contribution in [3.05, 3.63) is 70.5 Å². The first-order chi connectivity index (χ1) is 14.7. The van der Waals surface area contributed by atoms with Crippen LogP contribution in [0.3, 0.4) is 0 Å². The summed E-state index contributed by atoms with van der Waals surface area (Å²) in [5, 5.41) is 1.22. The number of thioether (sulfide) groups is 1. The fraction of sp³-hybridized carbons (Fsp3) is 0.348. The van der Waals surface area contributed by atoms with Gasteiger partial charge < -0.3 is 4.90 Å². The van der Waals surface area contributed by atoms with Gasteiger partial charge in [0.2, 0.25) is 5.91 Å². The summed E-state index contributed by atoms with van der Waals surface area (Å²) >= 11 is 1.35. The van der Waals surface area contributed by atoms with Crippen molar-refractivity contribution < 1.29 is 4.79 Å². The molecule has 0 spiro atoms. The minimum atomic E-state index is -0.0485. The molecule has 2 heterocycles. The molecule has 0 saturated carbocycles. The molecule has 0 radical (unpaired) electrons. The molecule has 7 heteroatoms. The number of fused-ring (bicyclic) bond motifs is 1. The Bertz CT molecular complexity index is 1080. The number of hydrogen-bond acceptors (Lipinski definition) is 5. The topological polar surface area (TPSA) is 58.4 Å². The lowest BCUT2D eigenvalue weighted by Gasteiger charge is -2.34. The van der Waals surface area contributed by atoms with Crippen LogP contribution >= 0.6 is 11.8 Å². The van der Waals surface area contributed by atoms with E-state index in [1.54, 1.807) is 10.6 Å². The second kappa shape index (κ2) is 9.45. The first-order valence-corrected chi connectivity index (χ1v) is 11.3. The Morgan fingerprint density at radius 3 is 2.43 bits per heavy atom. The van der Waals surface area contributed by atoms with Gasteiger partial charge in [0.1, 0.15) is 0 Å². The van der Waals surface area contributed by atoms with Crippen LogP contribution in [-0.2, 0) is 17.9 Å².